The Morgan fingerprint density at radius 2 is 2.13 bits per heavy atom. The highest BCUT2D eigenvalue weighted by molar-refractivity contribution is 8.26. The van der Waals surface area contributed by atoms with E-state index in [4.69, 9.17) is 12.2 Å². The molecule has 120 valence electrons. The predicted molar refractivity (Wildman–Crippen MR) is 87.2 cm³/mol. The summed E-state index contributed by atoms with van der Waals surface area (Å²) in [7, 11) is 0. The molecule has 0 aromatic heterocycles. The van der Waals surface area contributed by atoms with Crippen LogP contribution in [0.2, 0.25) is 0 Å². The van der Waals surface area contributed by atoms with Gasteiger partial charge in [0, 0.05) is 31.1 Å². The number of nitro benzene ring substituents is 1. The quantitative estimate of drug-likeness (QED) is 0.341. The van der Waals surface area contributed by atoms with Gasteiger partial charge in [-0.2, -0.15) is 0 Å². The summed E-state index contributed by atoms with van der Waals surface area (Å²) in [5, 5.41) is 21.4. The molecule has 7 nitrogen and oxygen atoms in total. The highest BCUT2D eigenvalue weighted by Crippen LogP contribution is 2.37. The average Bonchev–Trinajstić information content (AvgIpc) is 2.79. The van der Waals surface area contributed by atoms with E-state index in [1.165, 1.54) is 23.1 Å². The lowest BCUT2D eigenvalue weighted by molar-refractivity contribution is -0.384. The molecule has 0 spiro atoms. The third-order valence-electron chi connectivity index (χ3n) is 3.22. The number of thiocarbonyl (C=S) groups is 1. The maximum Gasteiger partial charge on any atom is 0.270 e. The normalized spacial score (nSPS) is 16.7. The van der Waals surface area contributed by atoms with Crippen LogP contribution in [0, 0.1) is 10.1 Å². The van der Waals surface area contributed by atoms with Crippen molar-refractivity contribution in [3.63, 3.8) is 0 Å². The molecule has 0 atom stereocenters. The minimum Gasteiger partial charge on any atom is -0.550 e. The fourth-order valence-corrected chi connectivity index (χ4v) is 3.36. The van der Waals surface area contributed by atoms with Crippen LogP contribution < -0.4 is 5.11 Å². The Hall–Kier alpha value is -2.26. The minimum atomic E-state index is -1.27. The number of benzene rings is 1. The number of carboxylic acid groups (broad SMARTS) is 1. The number of aliphatic carboxylic acids is 1. The van der Waals surface area contributed by atoms with E-state index in [2.05, 4.69) is 0 Å². The molecule has 2 rings (SSSR count). The first-order valence-corrected chi connectivity index (χ1v) is 7.73. The van der Waals surface area contributed by atoms with E-state index in [0.29, 0.717) is 16.0 Å². The molecule has 1 amide bonds. The number of carbonyl (C=O) groups is 2. The molecule has 0 unspecified atom stereocenters. The lowest BCUT2D eigenvalue weighted by Crippen LogP contribution is -2.33. The van der Waals surface area contributed by atoms with Crippen LogP contribution >= 0.6 is 24.0 Å². The number of non-ortho nitro benzene ring substituents is 1. The van der Waals surface area contributed by atoms with E-state index in [9.17, 15) is 24.8 Å². The summed E-state index contributed by atoms with van der Waals surface area (Å²) in [6.07, 6.45) is -0.310. The van der Waals surface area contributed by atoms with E-state index in [0.717, 1.165) is 11.8 Å². The Bertz CT molecular complexity index is 744. The lowest BCUT2D eigenvalue weighted by atomic mass is 10.1. The Kier molecular flexibility index (Phi) is 5.12. The van der Waals surface area contributed by atoms with Gasteiger partial charge in [-0.3, -0.25) is 19.8 Å². The van der Waals surface area contributed by atoms with Gasteiger partial charge in [0.1, 0.15) is 4.32 Å². The van der Waals surface area contributed by atoms with E-state index in [1.807, 2.05) is 0 Å². The third kappa shape index (κ3) is 3.74. The van der Waals surface area contributed by atoms with Gasteiger partial charge in [-0.1, -0.05) is 36.1 Å². The van der Waals surface area contributed by atoms with Crippen LogP contribution in [0.15, 0.2) is 29.2 Å². The van der Waals surface area contributed by atoms with Crippen molar-refractivity contribution in [3.05, 3.63) is 44.8 Å². The molecule has 1 heterocycles. The summed E-state index contributed by atoms with van der Waals surface area (Å²) in [5.41, 5.74) is 1.02. The largest absolute Gasteiger partial charge is 0.550 e. The molecule has 1 saturated heterocycles. The van der Waals surface area contributed by atoms with Crippen molar-refractivity contribution in [2.45, 2.75) is 13.3 Å². The summed E-state index contributed by atoms with van der Waals surface area (Å²) in [6, 6.07) is 5.94. The van der Waals surface area contributed by atoms with Crippen molar-refractivity contribution >= 4 is 51.4 Å². The standard InChI is InChI=1S/C14H12N2O5S2/c1-8(9-3-2-4-10(7-9)16(20)21)12-13(19)15(14(22)23-12)6-5-11(17)18/h2-4,7H,5-6H2,1H3,(H,17,18)/p-1/b12-8+. The van der Waals surface area contributed by atoms with Crippen LogP contribution in [0.5, 0.6) is 0 Å². The number of allylic oxidation sites excluding steroid dienone is 1. The molecule has 0 aliphatic carbocycles. The topological polar surface area (TPSA) is 104 Å². The summed E-state index contributed by atoms with van der Waals surface area (Å²) < 4.78 is 0.260. The van der Waals surface area contributed by atoms with Crippen LogP contribution in [-0.4, -0.2) is 32.6 Å². The van der Waals surface area contributed by atoms with Gasteiger partial charge in [0.25, 0.3) is 11.6 Å². The fraction of sp³-hybridized carbons (Fsp3) is 0.214. The van der Waals surface area contributed by atoms with Crippen LogP contribution in [-0.2, 0) is 9.59 Å². The molecule has 0 saturated carbocycles. The summed E-state index contributed by atoms with van der Waals surface area (Å²) in [5.74, 6) is -1.66. The van der Waals surface area contributed by atoms with Gasteiger partial charge in [-0.15, -0.1) is 0 Å². The summed E-state index contributed by atoms with van der Waals surface area (Å²) >= 11 is 6.15. The molecule has 0 radical (unpaired) electrons. The van der Waals surface area contributed by atoms with Crippen molar-refractivity contribution in [2.75, 3.05) is 6.54 Å². The number of nitro groups is 1. The van der Waals surface area contributed by atoms with Gasteiger partial charge in [-0.05, 0) is 18.1 Å². The molecule has 1 aromatic carbocycles. The maximum absolute atomic E-state index is 12.4. The first-order chi connectivity index (χ1) is 10.8. The van der Waals surface area contributed by atoms with Crippen molar-refractivity contribution in [1.29, 1.82) is 0 Å². The molecule has 9 heteroatoms. The zero-order chi connectivity index (χ0) is 17.1. The molecule has 1 fully saturated rings. The summed E-state index contributed by atoms with van der Waals surface area (Å²) in [4.78, 5) is 34.8. The first kappa shape index (κ1) is 17.1. The molecule has 1 aliphatic rings. The van der Waals surface area contributed by atoms with Gasteiger partial charge in [0.2, 0.25) is 0 Å². The second kappa shape index (κ2) is 6.88. The van der Waals surface area contributed by atoms with E-state index < -0.39 is 16.8 Å². The first-order valence-electron chi connectivity index (χ1n) is 6.50. The number of amides is 1. The number of thioether (sulfide) groups is 1. The van der Waals surface area contributed by atoms with Gasteiger partial charge < -0.3 is 9.90 Å². The van der Waals surface area contributed by atoms with Crippen molar-refractivity contribution in [3.8, 4) is 0 Å². The predicted octanol–water partition coefficient (Wildman–Crippen LogP) is 1.33. The number of carbonyl (C=O) groups excluding carboxylic acids is 2. The molecule has 0 N–H and O–H groups in total. The van der Waals surface area contributed by atoms with Gasteiger partial charge >= 0.3 is 0 Å². The van der Waals surface area contributed by atoms with Crippen LogP contribution in [0.3, 0.4) is 0 Å². The maximum atomic E-state index is 12.4. The molecule has 1 aromatic rings. The molecule has 1 aliphatic heterocycles. The smallest absolute Gasteiger partial charge is 0.270 e. The minimum absolute atomic E-state index is 0.0568. The van der Waals surface area contributed by atoms with Gasteiger partial charge in [0.15, 0.2) is 0 Å². The zero-order valence-electron chi connectivity index (χ0n) is 12.0. The highest BCUT2D eigenvalue weighted by Gasteiger charge is 2.33. The number of rotatable bonds is 5. The third-order valence-corrected chi connectivity index (χ3v) is 4.77. The molecular formula is C14H11N2O5S2-. The van der Waals surface area contributed by atoms with E-state index in [-0.39, 0.29) is 23.0 Å². The Labute approximate surface area is 141 Å². The van der Waals surface area contributed by atoms with Crippen LogP contribution in [0.1, 0.15) is 18.9 Å². The number of hydrogen-bond donors (Lipinski definition) is 0. The van der Waals surface area contributed by atoms with E-state index in [1.54, 1.807) is 13.0 Å². The van der Waals surface area contributed by atoms with Gasteiger partial charge in [0.05, 0.1) is 9.83 Å². The SMILES string of the molecule is C/C(=C1\SC(=S)N(CCC(=O)[O-])C1=O)c1cccc([N+](=O)[O-])c1. The molecule has 23 heavy (non-hydrogen) atoms. The molecular weight excluding hydrogens is 340 g/mol. The second-order valence-electron chi connectivity index (χ2n) is 4.71. The zero-order valence-corrected chi connectivity index (χ0v) is 13.6. The average molecular weight is 351 g/mol. The number of hydrogen-bond acceptors (Lipinski definition) is 7. The van der Waals surface area contributed by atoms with Crippen LogP contribution in [0.4, 0.5) is 5.69 Å². The van der Waals surface area contributed by atoms with Crippen molar-refractivity contribution in [2.24, 2.45) is 0 Å². The van der Waals surface area contributed by atoms with Crippen LogP contribution in [0.25, 0.3) is 5.57 Å². The Morgan fingerprint density at radius 1 is 1.43 bits per heavy atom. The van der Waals surface area contributed by atoms with Crippen molar-refractivity contribution < 1.29 is 19.6 Å². The Balaban J connectivity index is 2.32. The Morgan fingerprint density at radius 3 is 2.74 bits per heavy atom. The van der Waals surface area contributed by atoms with Crippen molar-refractivity contribution in [1.82, 2.24) is 4.90 Å². The monoisotopic (exact) mass is 351 g/mol. The highest BCUT2D eigenvalue weighted by atomic mass is 32.2. The van der Waals surface area contributed by atoms with E-state index >= 15 is 0 Å². The van der Waals surface area contributed by atoms with Gasteiger partial charge in [-0.25, -0.2) is 0 Å². The number of carboxylic acids is 1. The second-order valence-corrected chi connectivity index (χ2v) is 6.35. The molecule has 0 bridgehead atoms. The lowest BCUT2D eigenvalue weighted by Gasteiger charge is -2.14. The summed E-state index contributed by atoms with van der Waals surface area (Å²) in [6.45, 7) is 1.61. The fourth-order valence-electron chi connectivity index (χ4n) is 2.01. The number of nitrogens with zero attached hydrogens (tertiary/aromatic N) is 2.